The number of nitrogens with zero attached hydrogens (tertiary/aromatic N) is 1. The van der Waals surface area contributed by atoms with E-state index in [9.17, 15) is 4.79 Å². The normalized spacial score (nSPS) is 25.2. The number of hydrogen-bond acceptors (Lipinski definition) is 1. The van der Waals surface area contributed by atoms with E-state index in [1.54, 1.807) is 0 Å². The monoisotopic (exact) mass is 339 g/mol. The second-order valence-corrected chi connectivity index (χ2v) is 7.96. The molecule has 1 aliphatic heterocycles. The zero-order valence-electron chi connectivity index (χ0n) is 15.1. The summed E-state index contributed by atoms with van der Waals surface area (Å²) in [6, 6.07) is 9.04. The third-order valence-electron chi connectivity index (χ3n) is 6.19. The van der Waals surface area contributed by atoms with E-state index in [-0.39, 0.29) is 6.03 Å². The van der Waals surface area contributed by atoms with Crippen molar-refractivity contribution in [1.82, 2.24) is 15.2 Å². The fraction of sp³-hybridized carbons (Fsp3) is 0.571. The van der Waals surface area contributed by atoms with Gasteiger partial charge >= 0.3 is 6.03 Å². The van der Waals surface area contributed by atoms with E-state index in [0.717, 1.165) is 44.7 Å². The molecule has 1 aliphatic carbocycles. The number of aromatic nitrogens is 1. The molecule has 0 bridgehead atoms. The number of piperidine rings is 1. The van der Waals surface area contributed by atoms with Gasteiger partial charge in [-0.15, -0.1) is 0 Å². The smallest absolute Gasteiger partial charge is 0.317 e. The Balaban J connectivity index is 1.33. The Morgan fingerprint density at radius 2 is 1.80 bits per heavy atom. The minimum Gasteiger partial charge on any atom is -0.361 e. The van der Waals surface area contributed by atoms with Gasteiger partial charge in [0.05, 0.1) is 0 Å². The fourth-order valence-electron chi connectivity index (χ4n) is 4.50. The van der Waals surface area contributed by atoms with Crippen LogP contribution >= 0.6 is 0 Å². The maximum Gasteiger partial charge on any atom is 0.317 e. The van der Waals surface area contributed by atoms with Crippen LogP contribution in [-0.4, -0.2) is 35.0 Å². The lowest BCUT2D eigenvalue weighted by Crippen LogP contribution is -2.48. The molecule has 0 unspecified atom stereocenters. The van der Waals surface area contributed by atoms with Crippen molar-refractivity contribution in [2.45, 2.75) is 57.4 Å². The van der Waals surface area contributed by atoms with Gasteiger partial charge in [-0.1, -0.05) is 25.1 Å². The summed E-state index contributed by atoms with van der Waals surface area (Å²) >= 11 is 0. The lowest BCUT2D eigenvalue weighted by atomic mass is 9.87. The number of carbonyl (C=O) groups excluding carboxylic acids is 1. The molecule has 1 aromatic carbocycles. The summed E-state index contributed by atoms with van der Waals surface area (Å²) in [5.74, 6) is 1.37. The van der Waals surface area contributed by atoms with Gasteiger partial charge in [-0.3, -0.25) is 0 Å². The van der Waals surface area contributed by atoms with Gasteiger partial charge in [0.15, 0.2) is 0 Å². The summed E-state index contributed by atoms with van der Waals surface area (Å²) < 4.78 is 0. The van der Waals surface area contributed by atoms with Gasteiger partial charge in [-0.05, 0) is 62.0 Å². The maximum absolute atomic E-state index is 12.6. The summed E-state index contributed by atoms with van der Waals surface area (Å²) in [6.07, 6.45) is 9.03. The number of nitrogens with one attached hydrogen (secondary N) is 2. The fourth-order valence-corrected chi connectivity index (χ4v) is 4.50. The Morgan fingerprint density at radius 1 is 1.08 bits per heavy atom. The molecule has 4 rings (SSSR count). The van der Waals surface area contributed by atoms with E-state index in [2.05, 4.69) is 47.7 Å². The van der Waals surface area contributed by atoms with Gasteiger partial charge in [0.2, 0.25) is 0 Å². The molecule has 2 fully saturated rings. The minimum absolute atomic E-state index is 0.150. The Labute approximate surface area is 150 Å². The van der Waals surface area contributed by atoms with Crippen LogP contribution in [0.3, 0.4) is 0 Å². The Bertz CT molecular complexity index is 722. The third kappa shape index (κ3) is 3.53. The number of benzene rings is 1. The Morgan fingerprint density at radius 3 is 2.56 bits per heavy atom. The highest BCUT2D eigenvalue weighted by molar-refractivity contribution is 5.83. The molecule has 134 valence electrons. The average Bonchev–Trinajstić information content (AvgIpc) is 3.08. The van der Waals surface area contributed by atoms with E-state index in [4.69, 9.17) is 0 Å². The molecule has 2 amide bonds. The van der Waals surface area contributed by atoms with E-state index in [1.807, 2.05) is 4.90 Å². The van der Waals surface area contributed by atoms with Crippen LogP contribution in [0.5, 0.6) is 0 Å². The summed E-state index contributed by atoms with van der Waals surface area (Å²) in [5.41, 5.74) is 2.63. The van der Waals surface area contributed by atoms with Crippen LogP contribution in [0.15, 0.2) is 30.5 Å². The third-order valence-corrected chi connectivity index (χ3v) is 6.19. The first kappa shape index (κ1) is 16.5. The van der Waals surface area contributed by atoms with Crippen molar-refractivity contribution in [2.75, 3.05) is 13.1 Å². The zero-order valence-corrected chi connectivity index (χ0v) is 15.1. The molecular formula is C21H29N3O. The van der Waals surface area contributed by atoms with Crippen molar-refractivity contribution in [3.63, 3.8) is 0 Å². The van der Waals surface area contributed by atoms with Gasteiger partial charge < -0.3 is 15.2 Å². The van der Waals surface area contributed by atoms with Crippen LogP contribution in [-0.2, 0) is 0 Å². The minimum atomic E-state index is 0.150. The number of fused-ring (bicyclic) bond motifs is 1. The number of likely N-dealkylation sites (tertiary alicyclic amines) is 1. The molecule has 0 radical (unpaired) electrons. The molecule has 2 aliphatic rings. The number of H-pyrrole nitrogens is 1. The zero-order chi connectivity index (χ0) is 17.2. The van der Waals surface area contributed by atoms with Gasteiger partial charge in [-0.2, -0.15) is 0 Å². The number of amides is 2. The molecule has 4 nitrogen and oxygen atoms in total. The molecule has 1 aromatic heterocycles. The largest absolute Gasteiger partial charge is 0.361 e. The molecule has 1 saturated carbocycles. The lowest BCUT2D eigenvalue weighted by molar-refractivity contribution is 0.172. The van der Waals surface area contributed by atoms with Crippen molar-refractivity contribution in [2.24, 2.45) is 5.92 Å². The van der Waals surface area contributed by atoms with Crippen LogP contribution in [0.4, 0.5) is 4.79 Å². The molecule has 2 N–H and O–H groups in total. The summed E-state index contributed by atoms with van der Waals surface area (Å²) in [7, 11) is 0. The van der Waals surface area contributed by atoms with Gasteiger partial charge in [-0.25, -0.2) is 4.79 Å². The topological polar surface area (TPSA) is 48.1 Å². The predicted molar refractivity (Wildman–Crippen MR) is 102 cm³/mol. The highest BCUT2D eigenvalue weighted by Crippen LogP contribution is 2.33. The van der Waals surface area contributed by atoms with Crippen molar-refractivity contribution in [3.05, 3.63) is 36.0 Å². The lowest BCUT2D eigenvalue weighted by Gasteiger charge is -2.34. The molecule has 2 heterocycles. The Hall–Kier alpha value is -1.97. The second kappa shape index (κ2) is 7.11. The molecule has 25 heavy (non-hydrogen) atoms. The van der Waals surface area contributed by atoms with E-state index in [0.29, 0.717) is 12.0 Å². The molecule has 0 spiro atoms. The number of urea groups is 1. The quantitative estimate of drug-likeness (QED) is 0.823. The van der Waals surface area contributed by atoms with Crippen molar-refractivity contribution < 1.29 is 4.79 Å². The average molecular weight is 339 g/mol. The first-order chi connectivity index (χ1) is 12.2. The summed E-state index contributed by atoms with van der Waals surface area (Å²) in [5, 5.41) is 4.60. The number of carbonyl (C=O) groups is 1. The molecule has 4 heteroatoms. The van der Waals surface area contributed by atoms with Gasteiger partial charge in [0, 0.05) is 36.2 Å². The molecule has 1 saturated heterocycles. The number of rotatable bonds is 2. The van der Waals surface area contributed by atoms with Crippen LogP contribution in [0.25, 0.3) is 10.9 Å². The van der Waals surface area contributed by atoms with E-state index < -0.39 is 0 Å². The molecule has 2 aromatic rings. The SMILES string of the molecule is CC1CCC(NC(=O)N2CCC(c3c[nH]c4ccccc34)CC2)CC1. The Kier molecular flexibility index (Phi) is 4.69. The van der Waals surface area contributed by atoms with Crippen LogP contribution in [0.2, 0.25) is 0 Å². The highest BCUT2D eigenvalue weighted by atomic mass is 16.2. The van der Waals surface area contributed by atoms with Crippen LogP contribution in [0, 0.1) is 5.92 Å². The van der Waals surface area contributed by atoms with Gasteiger partial charge in [0.1, 0.15) is 0 Å². The molecular weight excluding hydrogens is 310 g/mol. The number of hydrogen-bond donors (Lipinski definition) is 2. The first-order valence-electron chi connectivity index (χ1n) is 9.82. The van der Waals surface area contributed by atoms with E-state index in [1.165, 1.54) is 29.3 Å². The number of aromatic amines is 1. The van der Waals surface area contributed by atoms with E-state index >= 15 is 0 Å². The molecule has 0 atom stereocenters. The van der Waals surface area contributed by atoms with Crippen LogP contribution in [0.1, 0.15) is 56.9 Å². The first-order valence-corrected chi connectivity index (χ1v) is 9.82. The number of para-hydroxylation sites is 1. The highest BCUT2D eigenvalue weighted by Gasteiger charge is 2.27. The summed E-state index contributed by atoms with van der Waals surface area (Å²) in [4.78, 5) is 18.0. The van der Waals surface area contributed by atoms with Crippen molar-refractivity contribution in [3.8, 4) is 0 Å². The van der Waals surface area contributed by atoms with Crippen molar-refractivity contribution in [1.29, 1.82) is 0 Å². The van der Waals surface area contributed by atoms with Crippen molar-refractivity contribution >= 4 is 16.9 Å². The van der Waals surface area contributed by atoms with Crippen LogP contribution < -0.4 is 5.32 Å². The second-order valence-electron chi connectivity index (χ2n) is 7.96. The standard InChI is InChI=1S/C21H29N3O/c1-15-6-8-17(9-7-15)23-21(25)24-12-10-16(11-13-24)19-14-22-20-5-3-2-4-18(19)20/h2-5,14-17,22H,6-13H2,1H3,(H,23,25). The summed E-state index contributed by atoms with van der Waals surface area (Å²) in [6.45, 7) is 4.03. The maximum atomic E-state index is 12.6. The predicted octanol–water partition coefficient (Wildman–Crippen LogP) is 4.64. The van der Waals surface area contributed by atoms with Gasteiger partial charge in [0.25, 0.3) is 0 Å².